The Morgan fingerprint density at radius 2 is 1.44 bits per heavy atom. The first-order chi connectivity index (χ1) is 7.97. The first-order valence-electron chi connectivity index (χ1n) is 4.43. The third-order valence-electron chi connectivity index (χ3n) is 2.19. The van der Waals surface area contributed by atoms with Gasteiger partial charge in [-0.15, -0.1) is 0 Å². The van der Waals surface area contributed by atoms with E-state index in [1.807, 2.05) is 0 Å². The van der Waals surface area contributed by atoms with Crippen LogP contribution < -0.4 is 29.6 Å². The van der Waals surface area contributed by atoms with Crippen LogP contribution in [0.2, 0.25) is 0 Å². The van der Waals surface area contributed by atoms with E-state index >= 15 is 0 Å². The normalized spacial score (nSPS) is 13.4. The van der Waals surface area contributed by atoms with Gasteiger partial charge in [-0.3, -0.25) is 0 Å². The van der Waals surface area contributed by atoms with E-state index in [0.29, 0.717) is 0 Å². The van der Waals surface area contributed by atoms with Crippen LogP contribution in [0.15, 0.2) is 22.1 Å². The van der Waals surface area contributed by atoms with Crippen molar-refractivity contribution in [1.82, 2.24) is 0 Å². The van der Waals surface area contributed by atoms with Crippen LogP contribution in [0, 0.1) is 22.7 Å². The van der Waals surface area contributed by atoms with E-state index in [2.05, 4.69) is 9.98 Å². The number of fused-ring (bicyclic) bond motifs is 1. The van der Waals surface area contributed by atoms with Crippen LogP contribution in [0.5, 0.6) is 0 Å². The van der Waals surface area contributed by atoms with Crippen molar-refractivity contribution in [3.05, 3.63) is 34.0 Å². The molecule has 0 N–H and O–H groups in total. The summed E-state index contributed by atoms with van der Waals surface area (Å²) >= 11 is 0. The van der Waals surface area contributed by atoms with Crippen LogP contribution in [-0.4, -0.2) is 12.3 Å². The molecule has 0 fully saturated rings. The van der Waals surface area contributed by atoms with Gasteiger partial charge in [-0.1, -0.05) is 0 Å². The molecule has 86 valence electrons. The third kappa shape index (κ3) is 2.24. The molecule has 0 atom stereocenters. The number of hydrogen-bond acceptors (Lipinski definition) is 4. The van der Waals surface area contributed by atoms with E-state index in [9.17, 15) is 13.2 Å². The first kappa shape index (κ1) is 14.2. The number of alkyl halides is 3. The molecule has 0 aromatic heterocycles. The van der Waals surface area contributed by atoms with Gasteiger partial charge in [-0.25, -0.2) is 9.98 Å². The van der Waals surface area contributed by atoms with Crippen molar-refractivity contribution in [1.29, 1.82) is 10.5 Å². The van der Waals surface area contributed by atoms with Gasteiger partial charge in [0, 0.05) is 0 Å². The molecule has 1 aromatic carbocycles. The fourth-order valence-corrected chi connectivity index (χ4v) is 1.44. The van der Waals surface area contributed by atoms with E-state index in [1.165, 1.54) is 12.1 Å². The van der Waals surface area contributed by atoms with E-state index in [1.54, 1.807) is 12.1 Å². The molecule has 0 bridgehead atoms. The van der Waals surface area contributed by atoms with Gasteiger partial charge in [0.25, 0.3) is 0 Å². The number of hydrogen-bond donors (Lipinski definition) is 0. The zero-order valence-corrected chi connectivity index (χ0v) is 9.15. The molecule has 2 rings (SSSR count). The smallest absolute Gasteiger partial charge is 1.00 e. The topological polar surface area (TPSA) is 72.3 Å². The van der Waals surface area contributed by atoms with Crippen LogP contribution in [-0.2, 0) is 0 Å². The van der Waals surface area contributed by atoms with Gasteiger partial charge in [0.15, 0.2) is 0 Å². The van der Waals surface area contributed by atoms with Crippen molar-refractivity contribution in [3.8, 4) is 12.1 Å². The molecular formula is C10H4F3LiN4. The summed E-state index contributed by atoms with van der Waals surface area (Å²) in [6.45, 7) is 0. The summed E-state index contributed by atoms with van der Waals surface area (Å²) in [6, 6.07) is 5.96. The first-order valence-corrected chi connectivity index (χ1v) is 4.43. The van der Waals surface area contributed by atoms with Crippen LogP contribution in [0.4, 0.5) is 13.2 Å². The molecule has 1 aliphatic rings. The molecule has 0 saturated heterocycles. The standard InChI is InChI=1S/C10H3F3N4.Li.H/c11-10(12,13)9-16-7-5(3-14)1-2-6(4-15)8(7)17-9;;/h1-2,9H;;/q;+1;-1. The summed E-state index contributed by atoms with van der Waals surface area (Å²) in [5, 5.41) is 17.2. The molecule has 0 unspecified atom stereocenters. The molecule has 0 spiro atoms. The minimum Gasteiger partial charge on any atom is -1.00 e. The second-order valence-electron chi connectivity index (χ2n) is 3.25. The Labute approximate surface area is 113 Å². The number of rotatable bonds is 0. The van der Waals surface area contributed by atoms with Gasteiger partial charge in [-0.05, 0) is 12.1 Å². The molecule has 0 aliphatic carbocycles. The van der Waals surface area contributed by atoms with Gasteiger partial charge >= 0.3 is 25.0 Å². The maximum absolute atomic E-state index is 12.4. The van der Waals surface area contributed by atoms with Crippen molar-refractivity contribution in [2.45, 2.75) is 12.3 Å². The van der Waals surface area contributed by atoms with E-state index < -0.39 is 12.3 Å². The zero-order chi connectivity index (χ0) is 12.6. The van der Waals surface area contributed by atoms with Gasteiger partial charge in [0.1, 0.15) is 22.9 Å². The minimum atomic E-state index is -4.61. The summed E-state index contributed by atoms with van der Waals surface area (Å²) in [7, 11) is 0. The molecule has 4 nitrogen and oxygen atoms in total. The average Bonchev–Trinajstić information content (AvgIpc) is 2.72. The fraction of sp³-hybridized carbons (Fsp3) is 0.200. The number of nitrogens with zero attached hydrogens (tertiary/aromatic N) is 4. The minimum absolute atomic E-state index is 0. The number of benzene rings is 1. The number of nitriles is 2. The summed E-state index contributed by atoms with van der Waals surface area (Å²) in [5.74, 6) is 0. The molecule has 1 aliphatic heterocycles. The molecule has 0 saturated carbocycles. The predicted molar refractivity (Wildman–Crippen MR) is 49.1 cm³/mol. The van der Waals surface area contributed by atoms with Gasteiger partial charge in [-0.2, -0.15) is 23.7 Å². The SMILES string of the molecule is N#Cc1ccc(C#N)c2c1=NC(C(F)(F)F)N=2.[H-].[Li+]. The molecule has 1 heterocycles. The van der Waals surface area contributed by atoms with Crippen molar-refractivity contribution in [2.75, 3.05) is 0 Å². The molecule has 18 heavy (non-hydrogen) atoms. The molecule has 8 heteroatoms. The Morgan fingerprint density at radius 3 is 1.72 bits per heavy atom. The van der Waals surface area contributed by atoms with Crippen LogP contribution in [0.25, 0.3) is 0 Å². The summed E-state index contributed by atoms with van der Waals surface area (Å²) in [5.41, 5.74) is -0.0380. The van der Waals surface area contributed by atoms with Gasteiger partial charge < -0.3 is 1.43 Å². The quantitative estimate of drug-likeness (QED) is 0.481. The largest absolute Gasteiger partial charge is 1.00 e. The van der Waals surface area contributed by atoms with E-state index in [-0.39, 0.29) is 42.1 Å². The van der Waals surface area contributed by atoms with Crippen molar-refractivity contribution in [2.24, 2.45) is 9.98 Å². The Balaban J connectivity index is 0.00000162. The second kappa shape index (κ2) is 4.82. The third-order valence-corrected chi connectivity index (χ3v) is 2.19. The summed E-state index contributed by atoms with van der Waals surface area (Å²) in [6.07, 6.45) is -6.84. The van der Waals surface area contributed by atoms with Crippen molar-refractivity contribution >= 4 is 0 Å². The Morgan fingerprint density at radius 1 is 1.06 bits per heavy atom. The fourth-order valence-electron chi connectivity index (χ4n) is 1.44. The van der Waals surface area contributed by atoms with Gasteiger partial charge in [0.05, 0.1) is 11.1 Å². The molecule has 0 radical (unpaired) electrons. The van der Waals surface area contributed by atoms with Crippen LogP contribution in [0.3, 0.4) is 0 Å². The van der Waals surface area contributed by atoms with Crippen LogP contribution >= 0.6 is 0 Å². The maximum atomic E-state index is 12.4. The number of halogens is 3. The van der Waals surface area contributed by atoms with Crippen molar-refractivity contribution in [3.63, 3.8) is 0 Å². The summed E-state index contributed by atoms with van der Waals surface area (Å²) < 4.78 is 37.3. The van der Waals surface area contributed by atoms with E-state index in [0.717, 1.165) is 0 Å². The molecule has 0 amide bonds. The van der Waals surface area contributed by atoms with Crippen molar-refractivity contribution < 1.29 is 33.5 Å². The predicted octanol–water partition coefficient (Wildman–Crippen LogP) is -2.31. The Hall–Kier alpha value is -1.81. The Kier molecular flexibility index (Phi) is 3.81. The summed E-state index contributed by atoms with van der Waals surface area (Å²) in [4.78, 5) is 6.67. The van der Waals surface area contributed by atoms with Gasteiger partial charge in [0.2, 0.25) is 6.17 Å². The monoisotopic (exact) mass is 244 g/mol. The van der Waals surface area contributed by atoms with Crippen LogP contribution in [0.1, 0.15) is 12.6 Å². The van der Waals surface area contributed by atoms with E-state index in [4.69, 9.17) is 10.5 Å². The zero-order valence-electron chi connectivity index (χ0n) is 10.2. The average molecular weight is 244 g/mol. The second-order valence-corrected chi connectivity index (χ2v) is 3.25. The molecular weight excluding hydrogens is 240 g/mol. The molecule has 1 aromatic rings. The maximum Gasteiger partial charge on any atom is 1.00 e. The Bertz CT molecular complexity index is 634.